The van der Waals surface area contributed by atoms with E-state index >= 15 is 0 Å². The van der Waals surface area contributed by atoms with Crippen molar-refractivity contribution < 1.29 is 22.6 Å². The van der Waals surface area contributed by atoms with Crippen LogP contribution in [-0.2, 0) is 0 Å². The molecule has 20 heavy (non-hydrogen) atoms. The molecule has 0 aliphatic carbocycles. The van der Waals surface area contributed by atoms with Crippen LogP contribution in [0.2, 0.25) is 0 Å². The van der Waals surface area contributed by atoms with Crippen LogP contribution >= 0.6 is 0 Å². The second-order valence-electron chi connectivity index (χ2n) is 4.20. The lowest BCUT2D eigenvalue weighted by Gasteiger charge is -2.22. The molecule has 0 heterocycles. The van der Waals surface area contributed by atoms with Crippen LogP contribution in [0, 0.1) is 0 Å². The van der Waals surface area contributed by atoms with Crippen molar-refractivity contribution in [3.8, 4) is 11.5 Å². The average molecular weight is 292 g/mol. The summed E-state index contributed by atoms with van der Waals surface area (Å²) in [5.74, 6) is 1.28. The van der Waals surface area contributed by atoms with Crippen molar-refractivity contribution in [2.24, 2.45) is 5.73 Å². The Morgan fingerprint density at radius 1 is 1.10 bits per heavy atom. The molecule has 0 aliphatic rings. The molecule has 1 aromatic carbocycles. The fourth-order valence-electron chi connectivity index (χ4n) is 1.67. The van der Waals surface area contributed by atoms with Crippen LogP contribution in [0.15, 0.2) is 24.3 Å². The Bertz CT molecular complexity index is 382. The SMILES string of the molecule is COc1ccc(OCCN(CCN)CC(F)(F)F)cc1. The second kappa shape index (κ2) is 7.96. The van der Waals surface area contributed by atoms with Gasteiger partial charge in [0, 0.05) is 19.6 Å². The minimum Gasteiger partial charge on any atom is -0.497 e. The Hall–Kier alpha value is -1.47. The first kappa shape index (κ1) is 16.6. The number of ether oxygens (including phenoxy) is 2. The van der Waals surface area contributed by atoms with Crippen molar-refractivity contribution in [2.45, 2.75) is 6.18 Å². The molecule has 0 aliphatic heterocycles. The number of benzene rings is 1. The van der Waals surface area contributed by atoms with Crippen molar-refractivity contribution >= 4 is 0 Å². The van der Waals surface area contributed by atoms with Gasteiger partial charge in [-0.3, -0.25) is 4.90 Å². The molecular formula is C13H19F3N2O2. The largest absolute Gasteiger partial charge is 0.497 e. The third kappa shape index (κ3) is 6.63. The molecule has 7 heteroatoms. The van der Waals surface area contributed by atoms with Crippen LogP contribution in [0.4, 0.5) is 13.2 Å². The van der Waals surface area contributed by atoms with E-state index in [0.29, 0.717) is 11.5 Å². The quantitative estimate of drug-likeness (QED) is 0.795. The zero-order valence-electron chi connectivity index (χ0n) is 11.3. The highest BCUT2D eigenvalue weighted by Gasteiger charge is 2.30. The molecular weight excluding hydrogens is 273 g/mol. The van der Waals surface area contributed by atoms with Crippen molar-refractivity contribution in [1.82, 2.24) is 4.90 Å². The van der Waals surface area contributed by atoms with E-state index in [1.54, 1.807) is 31.4 Å². The smallest absolute Gasteiger partial charge is 0.401 e. The van der Waals surface area contributed by atoms with E-state index in [2.05, 4.69) is 0 Å². The molecule has 0 atom stereocenters. The third-order valence-electron chi connectivity index (χ3n) is 2.58. The van der Waals surface area contributed by atoms with E-state index < -0.39 is 12.7 Å². The van der Waals surface area contributed by atoms with Gasteiger partial charge < -0.3 is 15.2 Å². The number of nitrogens with two attached hydrogens (primary N) is 1. The highest BCUT2D eigenvalue weighted by molar-refractivity contribution is 5.31. The predicted octanol–water partition coefficient (Wildman–Crippen LogP) is 1.90. The molecule has 0 bridgehead atoms. The van der Waals surface area contributed by atoms with Gasteiger partial charge in [-0.25, -0.2) is 0 Å². The maximum absolute atomic E-state index is 12.3. The molecule has 1 rings (SSSR count). The Morgan fingerprint density at radius 2 is 1.70 bits per heavy atom. The van der Waals surface area contributed by atoms with Gasteiger partial charge in [0.1, 0.15) is 18.1 Å². The van der Waals surface area contributed by atoms with Gasteiger partial charge in [0.2, 0.25) is 0 Å². The molecule has 0 fully saturated rings. The van der Waals surface area contributed by atoms with Crippen LogP contribution in [0.25, 0.3) is 0 Å². The van der Waals surface area contributed by atoms with Gasteiger partial charge in [0.05, 0.1) is 13.7 Å². The summed E-state index contributed by atoms with van der Waals surface area (Å²) in [4.78, 5) is 1.23. The minimum atomic E-state index is -4.23. The number of halogens is 3. The predicted molar refractivity (Wildman–Crippen MR) is 70.0 cm³/mol. The van der Waals surface area contributed by atoms with E-state index in [-0.39, 0.29) is 26.2 Å². The fourth-order valence-corrected chi connectivity index (χ4v) is 1.67. The van der Waals surface area contributed by atoms with Crippen LogP contribution in [-0.4, -0.2) is 51.0 Å². The summed E-state index contributed by atoms with van der Waals surface area (Å²) >= 11 is 0. The van der Waals surface area contributed by atoms with Crippen LogP contribution in [0.5, 0.6) is 11.5 Å². The molecule has 0 saturated carbocycles. The molecule has 0 spiro atoms. The Balaban J connectivity index is 2.39. The number of hydrogen-bond donors (Lipinski definition) is 1. The van der Waals surface area contributed by atoms with Gasteiger partial charge in [-0.2, -0.15) is 13.2 Å². The first-order chi connectivity index (χ1) is 9.44. The number of rotatable bonds is 8. The number of nitrogens with zero attached hydrogens (tertiary/aromatic N) is 1. The van der Waals surface area contributed by atoms with E-state index in [0.717, 1.165) is 0 Å². The average Bonchev–Trinajstić information content (AvgIpc) is 2.38. The molecule has 0 amide bonds. The second-order valence-corrected chi connectivity index (χ2v) is 4.20. The summed E-state index contributed by atoms with van der Waals surface area (Å²) < 4.78 is 47.4. The first-order valence-corrected chi connectivity index (χ1v) is 6.20. The Morgan fingerprint density at radius 3 is 2.20 bits per heavy atom. The van der Waals surface area contributed by atoms with Gasteiger partial charge in [0.15, 0.2) is 0 Å². The molecule has 0 unspecified atom stereocenters. The summed E-state index contributed by atoms with van der Waals surface area (Å²) in [7, 11) is 1.55. The fraction of sp³-hybridized carbons (Fsp3) is 0.538. The number of hydrogen-bond acceptors (Lipinski definition) is 4. The van der Waals surface area contributed by atoms with Gasteiger partial charge in [-0.05, 0) is 24.3 Å². The van der Waals surface area contributed by atoms with Crippen LogP contribution < -0.4 is 15.2 Å². The maximum Gasteiger partial charge on any atom is 0.401 e. The van der Waals surface area contributed by atoms with E-state index in [4.69, 9.17) is 15.2 Å². The number of alkyl halides is 3. The molecule has 2 N–H and O–H groups in total. The zero-order chi connectivity index (χ0) is 15.0. The number of methoxy groups -OCH3 is 1. The molecule has 0 radical (unpaired) electrons. The minimum absolute atomic E-state index is 0.169. The van der Waals surface area contributed by atoms with Crippen molar-refractivity contribution in [3.05, 3.63) is 24.3 Å². The van der Waals surface area contributed by atoms with E-state index in [1.807, 2.05) is 0 Å². The monoisotopic (exact) mass is 292 g/mol. The van der Waals surface area contributed by atoms with Gasteiger partial charge in [0.25, 0.3) is 0 Å². The van der Waals surface area contributed by atoms with Crippen molar-refractivity contribution in [2.75, 3.05) is 39.9 Å². The van der Waals surface area contributed by atoms with Gasteiger partial charge in [-0.15, -0.1) is 0 Å². The van der Waals surface area contributed by atoms with Crippen molar-refractivity contribution in [3.63, 3.8) is 0 Å². The summed E-state index contributed by atoms with van der Waals surface area (Å²) in [6.07, 6.45) is -4.23. The molecule has 114 valence electrons. The standard InChI is InChI=1S/C13H19F3N2O2/c1-19-11-2-4-12(5-3-11)20-9-8-18(7-6-17)10-13(14,15)16/h2-5H,6-10,17H2,1H3. The normalized spacial score (nSPS) is 11.7. The third-order valence-corrected chi connectivity index (χ3v) is 2.58. The summed E-state index contributed by atoms with van der Waals surface area (Å²) in [6.45, 7) is -0.272. The molecule has 0 aromatic heterocycles. The van der Waals surface area contributed by atoms with Crippen LogP contribution in [0.1, 0.15) is 0 Å². The van der Waals surface area contributed by atoms with Crippen molar-refractivity contribution in [1.29, 1.82) is 0 Å². The summed E-state index contributed by atoms with van der Waals surface area (Å²) in [6, 6.07) is 6.86. The van der Waals surface area contributed by atoms with Gasteiger partial charge in [-0.1, -0.05) is 0 Å². The van der Waals surface area contributed by atoms with Gasteiger partial charge >= 0.3 is 6.18 Å². The Kier molecular flexibility index (Phi) is 6.60. The lowest BCUT2D eigenvalue weighted by molar-refractivity contribution is -0.146. The molecule has 1 aromatic rings. The lowest BCUT2D eigenvalue weighted by Crippen LogP contribution is -2.39. The molecule has 0 saturated heterocycles. The lowest BCUT2D eigenvalue weighted by atomic mass is 10.3. The first-order valence-electron chi connectivity index (χ1n) is 6.20. The highest BCUT2D eigenvalue weighted by atomic mass is 19.4. The summed E-state index contributed by atoms with van der Waals surface area (Å²) in [5, 5.41) is 0. The molecule has 4 nitrogen and oxygen atoms in total. The Labute approximate surface area is 116 Å². The van der Waals surface area contributed by atoms with Crippen LogP contribution in [0.3, 0.4) is 0 Å². The zero-order valence-corrected chi connectivity index (χ0v) is 11.3. The topological polar surface area (TPSA) is 47.7 Å². The summed E-state index contributed by atoms with van der Waals surface area (Å²) in [5.41, 5.74) is 5.30. The van der Waals surface area contributed by atoms with E-state index in [1.165, 1.54) is 4.90 Å². The highest BCUT2D eigenvalue weighted by Crippen LogP contribution is 2.18. The van der Waals surface area contributed by atoms with E-state index in [9.17, 15) is 13.2 Å². The maximum atomic E-state index is 12.3.